The van der Waals surface area contributed by atoms with E-state index in [1.54, 1.807) is 18.6 Å². The highest BCUT2D eigenvalue weighted by molar-refractivity contribution is 5.56. The maximum Gasteiger partial charge on any atom is 0.418 e. The molecule has 7 heteroatoms. The van der Waals surface area contributed by atoms with Gasteiger partial charge in [-0.1, -0.05) is 24.3 Å². The molecule has 1 aromatic heterocycles. The molecule has 0 unspecified atom stereocenters. The van der Waals surface area contributed by atoms with Crippen LogP contribution < -0.4 is 5.32 Å². The largest absolute Gasteiger partial charge is 0.418 e. The zero-order valence-electron chi connectivity index (χ0n) is 13.7. The summed E-state index contributed by atoms with van der Waals surface area (Å²) in [7, 11) is 0. The van der Waals surface area contributed by atoms with Crippen LogP contribution in [0.15, 0.2) is 61.2 Å². The molecule has 3 rings (SSSR count). The first-order chi connectivity index (χ1) is 12.5. The highest BCUT2D eigenvalue weighted by atomic mass is 19.4. The van der Waals surface area contributed by atoms with Crippen LogP contribution in [0.2, 0.25) is 0 Å². The lowest BCUT2D eigenvalue weighted by atomic mass is 10.1. The van der Waals surface area contributed by atoms with Crippen molar-refractivity contribution in [1.29, 1.82) is 5.26 Å². The third-order valence-corrected chi connectivity index (χ3v) is 3.88. The number of nitriles is 1. The van der Waals surface area contributed by atoms with Crippen LogP contribution >= 0.6 is 0 Å². The third-order valence-electron chi connectivity index (χ3n) is 3.88. The summed E-state index contributed by atoms with van der Waals surface area (Å²) in [6.07, 6.45) is 0.760. The summed E-state index contributed by atoms with van der Waals surface area (Å²) in [4.78, 5) is 3.98. The molecule has 0 saturated carbocycles. The van der Waals surface area contributed by atoms with E-state index >= 15 is 0 Å². The Morgan fingerprint density at radius 2 is 1.81 bits per heavy atom. The number of halogens is 3. The van der Waals surface area contributed by atoms with Gasteiger partial charge in [-0.2, -0.15) is 18.4 Å². The van der Waals surface area contributed by atoms with E-state index in [2.05, 4.69) is 10.3 Å². The van der Waals surface area contributed by atoms with Crippen molar-refractivity contribution in [2.75, 3.05) is 5.32 Å². The number of anilines is 1. The van der Waals surface area contributed by atoms with E-state index in [-0.39, 0.29) is 17.8 Å². The van der Waals surface area contributed by atoms with Crippen LogP contribution in [0.3, 0.4) is 0 Å². The molecule has 1 N–H and O–H groups in total. The highest BCUT2D eigenvalue weighted by Gasteiger charge is 2.33. The first kappa shape index (κ1) is 17.5. The molecule has 0 aliphatic heterocycles. The van der Waals surface area contributed by atoms with E-state index in [4.69, 9.17) is 5.26 Å². The molecule has 3 aromatic rings. The maximum absolute atomic E-state index is 13.2. The van der Waals surface area contributed by atoms with Crippen molar-refractivity contribution in [3.8, 4) is 6.07 Å². The fraction of sp³-hybridized carbons (Fsp3) is 0.158. The summed E-state index contributed by atoms with van der Waals surface area (Å²) < 4.78 is 41.4. The third kappa shape index (κ3) is 4.22. The van der Waals surface area contributed by atoms with E-state index in [0.29, 0.717) is 6.54 Å². The number of hydrogen-bond donors (Lipinski definition) is 1. The molecular formula is C19H15F3N4. The lowest BCUT2D eigenvalue weighted by Gasteiger charge is -2.15. The second-order valence-electron chi connectivity index (χ2n) is 5.77. The molecule has 2 aromatic carbocycles. The average molecular weight is 356 g/mol. The van der Waals surface area contributed by atoms with Gasteiger partial charge < -0.3 is 9.88 Å². The summed E-state index contributed by atoms with van der Waals surface area (Å²) in [6.45, 7) is 0.932. The number of hydrogen-bond acceptors (Lipinski definition) is 3. The van der Waals surface area contributed by atoms with Crippen molar-refractivity contribution in [3.63, 3.8) is 0 Å². The molecule has 132 valence electrons. The van der Waals surface area contributed by atoms with Crippen molar-refractivity contribution in [2.45, 2.75) is 19.3 Å². The van der Waals surface area contributed by atoms with Crippen molar-refractivity contribution in [3.05, 3.63) is 83.4 Å². The summed E-state index contributed by atoms with van der Waals surface area (Å²) in [5.74, 6) is 0. The Labute approximate surface area is 148 Å². The minimum Gasteiger partial charge on any atom is -0.380 e. The van der Waals surface area contributed by atoms with E-state index < -0.39 is 11.7 Å². The second kappa shape index (κ2) is 7.31. The van der Waals surface area contributed by atoms with Gasteiger partial charge in [0.2, 0.25) is 0 Å². The molecule has 0 amide bonds. The zero-order valence-corrected chi connectivity index (χ0v) is 13.7. The molecule has 0 aliphatic carbocycles. The first-order valence-corrected chi connectivity index (χ1v) is 7.84. The number of imidazole rings is 1. The van der Waals surface area contributed by atoms with Crippen LogP contribution in [-0.4, -0.2) is 9.55 Å². The van der Waals surface area contributed by atoms with Crippen LogP contribution in [0.5, 0.6) is 0 Å². The minimum atomic E-state index is -4.52. The molecule has 1 heterocycles. The average Bonchev–Trinajstić information content (AvgIpc) is 3.13. The predicted molar refractivity (Wildman–Crippen MR) is 91.3 cm³/mol. The van der Waals surface area contributed by atoms with Crippen molar-refractivity contribution in [1.82, 2.24) is 9.55 Å². The Morgan fingerprint density at radius 3 is 2.42 bits per heavy atom. The summed E-state index contributed by atoms with van der Waals surface area (Å²) >= 11 is 0. The Hall–Kier alpha value is -3.27. The molecule has 0 saturated heterocycles. The summed E-state index contributed by atoms with van der Waals surface area (Å²) in [5.41, 5.74) is 1.02. The van der Waals surface area contributed by atoms with Gasteiger partial charge in [-0.05, 0) is 29.3 Å². The monoisotopic (exact) mass is 356 g/mol. The van der Waals surface area contributed by atoms with Crippen LogP contribution in [0.25, 0.3) is 0 Å². The topological polar surface area (TPSA) is 53.6 Å². The van der Waals surface area contributed by atoms with Crippen LogP contribution in [0.4, 0.5) is 18.9 Å². The number of nitrogens with zero attached hydrogens (tertiary/aromatic N) is 3. The van der Waals surface area contributed by atoms with Crippen LogP contribution in [-0.2, 0) is 19.3 Å². The van der Waals surface area contributed by atoms with Gasteiger partial charge >= 0.3 is 6.18 Å². The van der Waals surface area contributed by atoms with Crippen LogP contribution in [0, 0.1) is 11.3 Å². The predicted octanol–water partition coefficient (Wildman–Crippen LogP) is 4.43. The Bertz CT molecular complexity index is 907. The number of aromatic nitrogens is 2. The van der Waals surface area contributed by atoms with Crippen molar-refractivity contribution in [2.24, 2.45) is 0 Å². The van der Waals surface area contributed by atoms with Crippen molar-refractivity contribution >= 4 is 5.69 Å². The number of rotatable bonds is 5. The normalized spacial score (nSPS) is 11.2. The van der Waals surface area contributed by atoms with Gasteiger partial charge in [0.25, 0.3) is 0 Å². The Kier molecular flexibility index (Phi) is 4.94. The Balaban J connectivity index is 1.70. The maximum atomic E-state index is 13.2. The number of nitrogens with one attached hydrogen (secondary N) is 1. The molecule has 26 heavy (non-hydrogen) atoms. The van der Waals surface area contributed by atoms with E-state index in [0.717, 1.165) is 17.2 Å². The number of benzene rings is 2. The fourth-order valence-corrected chi connectivity index (χ4v) is 2.55. The molecule has 4 nitrogen and oxygen atoms in total. The van der Waals surface area contributed by atoms with E-state index in [9.17, 15) is 13.2 Å². The second-order valence-corrected chi connectivity index (χ2v) is 5.77. The van der Waals surface area contributed by atoms with Gasteiger partial charge in [0.1, 0.15) is 0 Å². The van der Waals surface area contributed by atoms with Gasteiger partial charge in [0.05, 0.1) is 23.5 Å². The zero-order chi connectivity index (χ0) is 18.6. The molecule has 0 fully saturated rings. The highest BCUT2D eigenvalue weighted by Crippen LogP contribution is 2.35. The lowest BCUT2D eigenvalue weighted by Crippen LogP contribution is -2.11. The molecule has 0 aliphatic rings. The lowest BCUT2D eigenvalue weighted by molar-refractivity contribution is -0.137. The molecule has 0 radical (unpaired) electrons. The quantitative estimate of drug-likeness (QED) is 0.736. The Morgan fingerprint density at radius 1 is 1.08 bits per heavy atom. The standard InChI is InChI=1S/C19H15F3N4/c20-19(21,22)17-9-16(10-23)5-6-18(17)25-11-14-1-3-15(4-2-14)12-26-8-7-24-13-26/h1-9,13,25H,11-12H2. The van der Waals surface area contributed by atoms with Gasteiger partial charge in [0.15, 0.2) is 0 Å². The minimum absolute atomic E-state index is 0.0215. The molecule has 0 atom stereocenters. The summed E-state index contributed by atoms with van der Waals surface area (Å²) in [5, 5.41) is 11.6. The molecule has 0 spiro atoms. The van der Waals surface area contributed by atoms with Gasteiger partial charge in [0, 0.05) is 31.2 Å². The van der Waals surface area contributed by atoms with Gasteiger partial charge in [-0.3, -0.25) is 0 Å². The number of alkyl halides is 3. The van der Waals surface area contributed by atoms with E-state index in [1.165, 1.54) is 12.1 Å². The van der Waals surface area contributed by atoms with E-state index in [1.807, 2.05) is 35.0 Å². The fourth-order valence-electron chi connectivity index (χ4n) is 2.55. The van der Waals surface area contributed by atoms with Crippen LogP contribution in [0.1, 0.15) is 22.3 Å². The molecule has 0 bridgehead atoms. The molecular weight excluding hydrogens is 341 g/mol. The SMILES string of the molecule is N#Cc1ccc(NCc2ccc(Cn3ccnc3)cc2)c(C(F)(F)F)c1. The summed E-state index contributed by atoms with van der Waals surface area (Å²) in [6, 6.07) is 12.8. The van der Waals surface area contributed by atoms with Gasteiger partial charge in [-0.15, -0.1) is 0 Å². The smallest absolute Gasteiger partial charge is 0.380 e. The van der Waals surface area contributed by atoms with Gasteiger partial charge in [-0.25, -0.2) is 4.98 Å². The van der Waals surface area contributed by atoms with Crippen molar-refractivity contribution < 1.29 is 13.2 Å². The first-order valence-electron chi connectivity index (χ1n) is 7.84.